The van der Waals surface area contributed by atoms with Gasteiger partial charge < -0.3 is 20.2 Å². The van der Waals surface area contributed by atoms with E-state index in [0.717, 1.165) is 0 Å². The van der Waals surface area contributed by atoms with Gasteiger partial charge in [-0.2, -0.15) is 0 Å². The van der Waals surface area contributed by atoms with Crippen LogP contribution in [0.3, 0.4) is 0 Å². The highest BCUT2D eigenvalue weighted by Gasteiger charge is 2.26. The van der Waals surface area contributed by atoms with E-state index >= 15 is 0 Å². The number of primary amides is 1. The number of nitrogens with zero attached hydrogens (tertiary/aromatic N) is 1. The summed E-state index contributed by atoms with van der Waals surface area (Å²) in [7, 11) is 0. The smallest absolute Gasteiger partial charge is 0.337 e. The van der Waals surface area contributed by atoms with Gasteiger partial charge in [-0.3, -0.25) is 4.79 Å². The molecule has 0 unspecified atom stereocenters. The average molecular weight is 393 g/mol. The number of benzene rings is 1. The van der Waals surface area contributed by atoms with E-state index in [9.17, 15) is 14.7 Å². The Hall–Kier alpha value is -2.38. The monoisotopic (exact) mass is 392 g/mol. The van der Waals surface area contributed by atoms with Gasteiger partial charge in [0.05, 0.1) is 10.6 Å². The molecule has 1 aromatic heterocycles. The summed E-state index contributed by atoms with van der Waals surface area (Å²) in [5.74, 6) is -0.443. The summed E-state index contributed by atoms with van der Waals surface area (Å²) in [6.07, 6.45) is 1.34. The summed E-state index contributed by atoms with van der Waals surface area (Å²) in [5, 5.41) is 9.35. The van der Waals surface area contributed by atoms with Gasteiger partial charge in [0.1, 0.15) is 10.7 Å². The number of rotatable bonds is 4. The van der Waals surface area contributed by atoms with Crippen LogP contribution in [0.15, 0.2) is 34.7 Å². The van der Waals surface area contributed by atoms with Crippen LogP contribution in [-0.2, 0) is 4.79 Å². The lowest BCUT2D eigenvalue weighted by Crippen LogP contribution is -2.41. The maximum Gasteiger partial charge on any atom is 0.337 e. The fourth-order valence-electron chi connectivity index (χ4n) is 2.97. The molecule has 2 heterocycles. The molecule has 8 heteroatoms. The predicted molar refractivity (Wildman–Crippen MR) is 101 cm³/mol. The van der Waals surface area contributed by atoms with E-state index in [0.29, 0.717) is 48.0 Å². The highest BCUT2D eigenvalue weighted by Crippen LogP contribution is 2.28. The fraction of sp³-hybridized carbons (Fsp3) is 0.278. The van der Waals surface area contributed by atoms with Gasteiger partial charge in [0, 0.05) is 24.6 Å². The van der Waals surface area contributed by atoms with Crippen molar-refractivity contribution >= 4 is 40.7 Å². The largest absolute Gasteiger partial charge is 0.478 e. The first-order valence-electron chi connectivity index (χ1n) is 8.08. The zero-order chi connectivity index (χ0) is 18.8. The molecule has 0 saturated carbocycles. The predicted octanol–water partition coefficient (Wildman–Crippen LogP) is 3.17. The minimum absolute atomic E-state index is 0.0122. The average Bonchev–Trinajstić information content (AvgIpc) is 3.11. The van der Waals surface area contributed by atoms with Crippen molar-refractivity contribution in [1.82, 2.24) is 4.90 Å². The Balaban J connectivity index is 1.76. The Morgan fingerprint density at radius 3 is 2.54 bits per heavy atom. The molecule has 1 amide bonds. The molecule has 1 aliphatic heterocycles. The minimum atomic E-state index is -1.10. The van der Waals surface area contributed by atoms with Crippen molar-refractivity contribution in [3.8, 4) is 11.3 Å². The van der Waals surface area contributed by atoms with Crippen LogP contribution in [0, 0.1) is 5.92 Å². The van der Waals surface area contributed by atoms with Gasteiger partial charge in [0.2, 0.25) is 5.91 Å². The number of carbonyl (C=O) groups is 2. The van der Waals surface area contributed by atoms with Crippen LogP contribution in [0.25, 0.3) is 11.3 Å². The molecule has 3 rings (SSSR count). The number of amides is 1. The van der Waals surface area contributed by atoms with Crippen molar-refractivity contribution in [2.45, 2.75) is 12.8 Å². The Labute approximate surface area is 160 Å². The van der Waals surface area contributed by atoms with E-state index in [1.54, 1.807) is 18.2 Å². The SMILES string of the molecule is NC(=O)C1CCN(C(=S)c2ccc(-c3ccc(Cl)c(C(=O)O)c3)o2)CC1. The van der Waals surface area contributed by atoms with E-state index in [4.69, 9.17) is 34.0 Å². The van der Waals surface area contributed by atoms with E-state index < -0.39 is 5.97 Å². The number of furan rings is 1. The molecule has 1 saturated heterocycles. The molecule has 1 aromatic carbocycles. The van der Waals surface area contributed by atoms with Crippen LogP contribution in [0.5, 0.6) is 0 Å². The second-order valence-electron chi connectivity index (χ2n) is 6.13. The third kappa shape index (κ3) is 3.73. The zero-order valence-electron chi connectivity index (χ0n) is 13.8. The van der Waals surface area contributed by atoms with Crippen LogP contribution < -0.4 is 5.73 Å². The standard InChI is InChI=1S/C18H17ClN2O4S/c19-13-2-1-11(9-12(13)18(23)24)14-3-4-15(25-14)17(26)21-7-5-10(6-8-21)16(20)22/h1-4,9-10H,5-8H2,(H2,20,22)(H,23,24). The maximum atomic E-state index is 11.3. The van der Waals surface area contributed by atoms with E-state index in [-0.39, 0.29) is 22.4 Å². The lowest BCUT2D eigenvalue weighted by molar-refractivity contribution is -0.122. The molecule has 0 spiro atoms. The number of piperidine rings is 1. The molecule has 0 bridgehead atoms. The van der Waals surface area contributed by atoms with Crippen molar-refractivity contribution in [3.63, 3.8) is 0 Å². The number of aromatic carboxylic acids is 1. The van der Waals surface area contributed by atoms with Gasteiger partial charge in [0.25, 0.3) is 0 Å². The molecule has 2 aromatic rings. The number of carboxylic acids is 1. The summed E-state index contributed by atoms with van der Waals surface area (Å²) in [6, 6.07) is 8.18. The van der Waals surface area contributed by atoms with Crippen molar-refractivity contribution in [2.24, 2.45) is 11.7 Å². The normalized spacial score (nSPS) is 15.0. The molecule has 1 fully saturated rings. The molecule has 3 N–H and O–H groups in total. The van der Waals surface area contributed by atoms with Gasteiger partial charge in [0.15, 0.2) is 5.76 Å². The second kappa shape index (κ2) is 7.47. The van der Waals surface area contributed by atoms with Crippen molar-refractivity contribution in [2.75, 3.05) is 13.1 Å². The first-order chi connectivity index (χ1) is 12.4. The number of carbonyl (C=O) groups excluding carboxylic acids is 1. The number of thiocarbonyl (C=S) groups is 1. The lowest BCUT2D eigenvalue weighted by atomic mass is 9.96. The van der Waals surface area contributed by atoms with Gasteiger partial charge in [-0.25, -0.2) is 4.79 Å². The van der Waals surface area contributed by atoms with Gasteiger partial charge in [-0.1, -0.05) is 23.8 Å². The minimum Gasteiger partial charge on any atom is -0.478 e. The quantitative estimate of drug-likeness (QED) is 0.776. The fourth-order valence-corrected chi connectivity index (χ4v) is 3.46. The van der Waals surface area contributed by atoms with Crippen LogP contribution in [0.4, 0.5) is 0 Å². The molecule has 1 aliphatic rings. The van der Waals surface area contributed by atoms with Crippen LogP contribution in [0.1, 0.15) is 29.0 Å². The Morgan fingerprint density at radius 1 is 1.23 bits per heavy atom. The van der Waals surface area contributed by atoms with E-state index in [1.165, 1.54) is 12.1 Å². The molecular formula is C18H17ClN2O4S. The molecule has 0 aliphatic carbocycles. The molecule has 0 atom stereocenters. The number of carboxylic acid groups (broad SMARTS) is 1. The molecule has 136 valence electrons. The highest BCUT2D eigenvalue weighted by atomic mass is 35.5. The first-order valence-corrected chi connectivity index (χ1v) is 8.87. The summed E-state index contributed by atoms with van der Waals surface area (Å²) in [5.41, 5.74) is 5.97. The Morgan fingerprint density at radius 2 is 1.92 bits per heavy atom. The second-order valence-corrected chi connectivity index (χ2v) is 6.93. The molecule has 26 heavy (non-hydrogen) atoms. The van der Waals surface area contributed by atoms with Crippen LogP contribution in [-0.4, -0.2) is 40.0 Å². The number of likely N-dealkylation sites (tertiary alicyclic amines) is 1. The number of hydrogen-bond donors (Lipinski definition) is 2. The summed E-state index contributed by atoms with van der Waals surface area (Å²) >= 11 is 11.4. The van der Waals surface area contributed by atoms with Gasteiger partial charge in [-0.15, -0.1) is 0 Å². The molecular weight excluding hydrogens is 376 g/mol. The van der Waals surface area contributed by atoms with Gasteiger partial charge in [-0.05, 0) is 43.2 Å². The van der Waals surface area contributed by atoms with E-state index in [1.807, 2.05) is 4.90 Å². The first kappa shape index (κ1) is 18.4. The number of hydrogen-bond acceptors (Lipinski definition) is 4. The third-order valence-corrected chi connectivity index (χ3v) is 5.27. The molecule has 6 nitrogen and oxygen atoms in total. The number of halogens is 1. The summed E-state index contributed by atoms with van der Waals surface area (Å²) < 4.78 is 5.82. The number of nitrogens with two attached hydrogens (primary N) is 1. The summed E-state index contributed by atoms with van der Waals surface area (Å²) in [4.78, 5) is 25.0. The van der Waals surface area contributed by atoms with Crippen molar-refractivity contribution in [3.05, 3.63) is 46.7 Å². The Bertz CT molecular complexity index is 872. The topological polar surface area (TPSA) is 96.8 Å². The van der Waals surface area contributed by atoms with Crippen molar-refractivity contribution in [1.29, 1.82) is 0 Å². The van der Waals surface area contributed by atoms with Gasteiger partial charge >= 0.3 is 5.97 Å². The van der Waals surface area contributed by atoms with Crippen molar-refractivity contribution < 1.29 is 19.1 Å². The zero-order valence-corrected chi connectivity index (χ0v) is 15.3. The lowest BCUT2D eigenvalue weighted by Gasteiger charge is -2.31. The Kier molecular flexibility index (Phi) is 5.29. The summed E-state index contributed by atoms with van der Waals surface area (Å²) in [6.45, 7) is 1.29. The molecule has 0 radical (unpaired) electrons. The van der Waals surface area contributed by atoms with Crippen LogP contribution >= 0.6 is 23.8 Å². The third-order valence-electron chi connectivity index (χ3n) is 4.48. The maximum absolute atomic E-state index is 11.3. The highest BCUT2D eigenvalue weighted by molar-refractivity contribution is 7.80. The van der Waals surface area contributed by atoms with E-state index in [2.05, 4.69) is 0 Å². The van der Waals surface area contributed by atoms with Crippen LogP contribution in [0.2, 0.25) is 5.02 Å².